The summed E-state index contributed by atoms with van der Waals surface area (Å²) in [6.45, 7) is 2.01. The number of phenolic OH excluding ortho intramolecular Hbond substituents is 1. The fraction of sp³-hybridized carbons (Fsp3) is 0.217. The standard InChI is InChI=1S/C23H21N3O3/c1-14-6-7-20(27)17(12-14)18-13-19-16-4-3-5-21(28-2)22(16)29-23(26(19)25-18)15-8-10-24-11-9-15/h3-12,19,23,27H,13H2,1-2H3/t19-,23-/m0/s1. The average molecular weight is 387 g/mol. The first-order valence-electron chi connectivity index (χ1n) is 9.55. The fourth-order valence-corrected chi connectivity index (χ4v) is 4.04. The Kier molecular flexibility index (Phi) is 4.12. The van der Waals surface area contributed by atoms with Crippen molar-refractivity contribution in [2.75, 3.05) is 7.11 Å². The molecule has 1 N–H and O–H groups in total. The van der Waals surface area contributed by atoms with Crippen LogP contribution in [0.1, 0.15) is 40.9 Å². The Morgan fingerprint density at radius 2 is 1.97 bits per heavy atom. The number of nitrogens with zero attached hydrogens (tertiary/aromatic N) is 3. The number of aryl methyl sites for hydroxylation is 1. The van der Waals surface area contributed by atoms with Crippen LogP contribution < -0.4 is 9.47 Å². The molecular weight excluding hydrogens is 366 g/mol. The quantitative estimate of drug-likeness (QED) is 0.724. The second-order valence-corrected chi connectivity index (χ2v) is 7.30. The third kappa shape index (κ3) is 2.88. The van der Waals surface area contributed by atoms with E-state index in [1.165, 1.54) is 0 Å². The molecule has 29 heavy (non-hydrogen) atoms. The molecule has 5 rings (SSSR count). The minimum atomic E-state index is -0.406. The lowest BCUT2D eigenvalue weighted by atomic mass is 9.95. The number of phenols is 1. The molecule has 1 aromatic heterocycles. The summed E-state index contributed by atoms with van der Waals surface area (Å²) in [6, 6.07) is 15.4. The molecule has 0 saturated carbocycles. The molecule has 6 heteroatoms. The van der Waals surface area contributed by atoms with Crippen LogP contribution in [-0.2, 0) is 0 Å². The maximum atomic E-state index is 10.4. The molecule has 0 radical (unpaired) electrons. The Labute approximate surface area is 169 Å². The Balaban J connectivity index is 1.64. The zero-order valence-corrected chi connectivity index (χ0v) is 16.2. The molecule has 2 aliphatic heterocycles. The van der Waals surface area contributed by atoms with Crippen LogP contribution in [0.15, 0.2) is 66.0 Å². The van der Waals surface area contributed by atoms with Crippen molar-refractivity contribution in [2.45, 2.75) is 25.6 Å². The highest BCUT2D eigenvalue weighted by Crippen LogP contribution is 2.50. The lowest BCUT2D eigenvalue weighted by molar-refractivity contribution is -0.0209. The van der Waals surface area contributed by atoms with Crippen molar-refractivity contribution >= 4 is 5.71 Å². The van der Waals surface area contributed by atoms with Gasteiger partial charge >= 0.3 is 0 Å². The van der Waals surface area contributed by atoms with E-state index in [9.17, 15) is 5.11 Å². The monoisotopic (exact) mass is 387 g/mol. The second-order valence-electron chi connectivity index (χ2n) is 7.30. The number of hydrogen-bond acceptors (Lipinski definition) is 6. The summed E-state index contributed by atoms with van der Waals surface area (Å²) in [5.74, 6) is 1.68. The molecule has 0 fully saturated rings. The van der Waals surface area contributed by atoms with Crippen molar-refractivity contribution in [3.05, 3.63) is 83.2 Å². The van der Waals surface area contributed by atoms with Gasteiger partial charge in [-0.3, -0.25) is 4.98 Å². The number of aromatic nitrogens is 1. The number of pyridine rings is 1. The number of ether oxygens (including phenoxy) is 2. The molecule has 6 nitrogen and oxygen atoms in total. The minimum Gasteiger partial charge on any atom is -0.507 e. The van der Waals surface area contributed by atoms with Crippen molar-refractivity contribution in [1.82, 2.24) is 9.99 Å². The Bertz CT molecular complexity index is 1100. The minimum absolute atomic E-state index is 0.0121. The highest BCUT2D eigenvalue weighted by atomic mass is 16.5. The first-order valence-corrected chi connectivity index (χ1v) is 9.55. The summed E-state index contributed by atoms with van der Waals surface area (Å²) in [5.41, 5.74) is 4.67. The SMILES string of the molecule is COc1cccc2c1O[C@@H](c1ccncc1)N1N=C(c3cc(C)ccc3O)C[C@@H]21. The molecule has 2 aliphatic rings. The van der Waals surface area contributed by atoms with Gasteiger partial charge in [-0.2, -0.15) is 5.10 Å². The van der Waals surface area contributed by atoms with E-state index in [2.05, 4.69) is 4.98 Å². The Hall–Kier alpha value is -3.54. The van der Waals surface area contributed by atoms with E-state index in [4.69, 9.17) is 14.6 Å². The molecule has 0 amide bonds. The van der Waals surface area contributed by atoms with Crippen LogP contribution >= 0.6 is 0 Å². The topological polar surface area (TPSA) is 67.2 Å². The van der Waals surface area contributed by atoms with Crippen molar-refractivity contribution < 1.29 is 14.6 Å². The highest BCUT2D eigenvalue weighted by Gasteiger charge is 2.42. The Morgan fingerprint density at radius 1 is 1.14 bits per heavy atom. The van der Waals surface area contributed by atoms with E-state index in [1.54, 1.807) is 25.6 Å². The zero-order valence-electron chi connectivity index (χ0n) is 16.2. The van der Waals surface area contributed by atoms with E-state index in [0.717, 1.165) is 33.7 Å². The van der Waals surface area contributed by atoms with Gasteiger partial charge in [-0.15, -0.1) is 0 Å². The summed E-state index contributed by atoms with van der Waals surface area (Å²) >= 11 is 0. The predicted molar refractivity (Wildman–Crippen MR) is 109 cm³/mol. The van der Waals surface area contributed by atoms with Crippen molar-refractivity contribution in [1.29, 1.82) is 0 Å². The van der Waals surface area contributed by atoms with Crippen molar-refractivity contribution in [3.63, 3.8) is 0 Å². The van der Waals surface area contributed by atoms with E-state index < -0.39 is 6.23 Å². The molecule has 3 aromatic rings. The number of benzene rings is 2. The van der Waals surface area contributed by atoms with Gasteiger partial charge in [0.15, 0.2) is 11.5 Å². The molecule has 0 saturated heterocycles. The Morgan fingerprint density at radius 3 is 2.76 bits per heavy atom. The van der Waals surface area contributed by atoms with Gasteiger partial charge in [-0.25, -0.2) is 5.01 Å². The molecular formula is C23H21N3O3. The van der Waals surface area contributed by atoms with Crippen molar-refractivity contribution in [3.8, 4) is 17.2 Å². The predicted octanol–water partition coefficient (Wildman–Crippen LogP) is 4.35. The van der Waals surface area contributed by atoms with E-state index in [0.29, 0.717) is 12.2 Å². The first-order chi connectivity index (χ1) is 14.2. The number of hydrogen-bond donors (Lipinski definition) is 1. The van der Waals surface area contributed by atoms with Gasteiger partial charge in [-0.05, 0) is 37.3 Å². The zero-order chi connectivity index (χ0) is 20.0. The van der Waals surface area contributed by atoms with Crippen LogP contribution in [0, 0.1) is 6.92 Å². The number of hydrazone groups is 1. The lowest BCUT2D eigenvalue weighted by Crippen LogP contribution is -2.33. The van der Waals surface area contributed by atoms with Crippen LogP contribution in [0.5, 0.6) is 17.2 Å². The molecule has 146 valence electrons. The number of para-hydroxylation sites is 1. The van der Waals surface area contributed by atoms with Crippen LogP contribution in [0.25, 0.3) is 0 Å². The second kappa shape index (κ2) is 6.81. The fourth-order valence-electron chi connectivity index (χ4n) is 4.04. The smallest absolute Gasteiger partial charge is 0.214 e. The van der Waals surface area contributed by atoms with Gasteiger partial charge in [0.05, 0.1) is 18.9 Å². The average Bonchev–Trinajstić information content (AvgIpc) is 3.20. The normalized spacial score (nSPS) is 19.8. The van der Waals surface area contributed by atoms with Crippen molar-refractivity contribution in [2.24, 2.45) is 5.10 Å². The lowest BCUT2D eigenvalue weighted by Gasteiger charge is -2.38. The van der Waals surface area contributed by atoms with Gasteiger partial charge in [0, 0.05) is 35.5 Å². The summed E-state index contributed by atoms with van der Waals surface area (Å²) in [4.78, 5) is 4.12. The largest absolute Gasteiger partial charge is 0.507 e. The molecule has 0 unspecified atom stereocenters. The number of aromatic hydroxyl groups is 1. The summed E-state index contributed by atoms with van der Waals surface area (Å²) < 4.78 is 12.0. The summed E-state index contributed by atoms with van der Waals surface area (Å²) in [5, 5.41) is 17.3. The van der Waals surface area contributed by atoms with E-state index in [-0.39, 0.29) is 11.8 Å². The van der Waals surface area contributed by atoms with Gasteiger partial charge in [0.1, 0.15) is 5.75 Å². The van der Waals surface area contributed by atoms with Gasteiger partial charge < -0.3 is 14.6 Å². The molecule has 2 atom stereocenters. The summed E-state index contributed by atoms with van der Waals surface area (Å²) in [7, 11) is 1.65. The third-order valence-corrected chi connectivity index (χ3v) is 5.45. The molecule has 3 heterocycles. The van der Waals surface area contributed by atoms with Crippen LogP contribution in [-0.4, -0.2) is 27.9 Å². The van der Waals surface area contributed by atoms with Crippen LogP contribution in [0.4, 0.5) is 0 Å². The number of rotatable bonds is 3. The summed E-state index contributed by atoms with van der Waals surface area (Å²) in [6.07, 6.45) is 3.76. The molecule has 2 aromatic carbocycles. The maximum Gasteiger partial charge on any atom is 0.214 e. The van der Waals surface area contributed by atoms with Gasteiger partial charge in [0.2, 0.25) is 6.23 Å². The van der Waals surface area contributed by atoms with E-state index >= 15 is 0 Å². The maximum absolute atomic E-state index is 10.4. The van der Waals surface area contributed by atoms with E-state index in [1.807, 2.05) is 54.4 Å². The van der Waals surface area contributed by atoms with Crippen LogP contribution in [0.2, 0.25) is 0 Å². The molecule has 0 spiro atoms. The molecule has 0 aliphatic carbocycles. The van der Waals surface area contributed by atoms with Gasteiger partial charge in [-0.1, -0.05) is 23.8 Å². The number of fused-ring (bicyclic) bond motifs is 3. The first kappa shape index (κ1) is 17.6. The third-order valence-electron chi connectivity index (χ3n) is 5.45. The number of methoxy groups -OCH3 is 1. The molecule has 0 bridgehead atoms. The highest BCUT2D eigenvalue weighted by molar-refractivity contribution is 6.04. The van der Waals surface area contributed by atoms with Gasteiger partial charge in [0.25, 0.3) is 0 Å². The van der Waals surface area contributed by atoms with Crippen LogP contribution in [0.3, 0.4) is 0 Å².